The monoisotopic (exact) mass is 294 g/mol. The summed E-state index contributed by atoms with van der Waals surface area (Å²) >= 11 is 0. The number of nitrogens with one attached hydrogen (secondary N) is 2. The molecule has 3 N–H and O–H groups in total. The lowest BCUT2D eigenvalue weighted by molar-refractivity contribution is 0.204. The lowest BCUT2D eigenvalue weighted by Crippen LogP contribution is -2.37. The summed E-state index contributed by atoms with van der Waals surface area (Å²) in [6.07, 6.45) is 1.59. The maximum Gasteiger partial charge on any atom is 0.319 e. The van der Waals surface area contributed by atoms with Gasteiger partial charge in [-0.2, -0.15) is 0 Å². The van der Waals surface area contributed by atoms with E-state index in [0.717, 1.165) is 12.2 Å². The maximum atomic E-state index is 11.9. The van der Waals surface area contributed by atoms with Gasteiger partial charge in [0.1, 0.15) is 5.75 Å². The number of ether oxygens (including phenoxy) is 1. The highest BCUT2D eigenvalue weighted by Gasteiger charge is 2.18. The SMILES string of the molecule is CCCOc1cccc(NC(=O)NCC(C)(C)CCO)c1. The normalized spacial score (nSPS) is 11.0. The summed E-state index contributed by atoms with van der Waals surface area (Å²) < 4.78 is 5.52. The topological polar surface area (TPSA) is 70.6 Å². The smallest absolute Gasteiger partial charge is 0.319 e. The standard InChI is InChI=1S/C16H26N2O3/c1-4-10-21-14-7-5-6-13(11-14)18-15(20)17-12-16(2,3)8-9-19/h5-7,11,19H,4,8-10,12H2,1-3H3,(H2,17,18,20). The van der Waals surface area contributed by atoms with Crippen LogP contribution in [-0.4, -0.2) is 30.9 Å². The molecular weight excluding hydrogens is 268 g/mol. The van der Waals surface area contributed by atoms with Crippen LogP contribution in [0.4, 0.5) is 10.5 Å². The van der Waals surface area contributed by atoms with Crippen molar-refractivity contribution in [2.45, 2.75) is 33.6 Å². The minimum Gasteiger partial charge on any atom is -0.494 e. The molecule has 0 atom stereocenters. The first kappa shape index (κ1) is 17.3. The van der Waals surface area contributed by atoms with E-state index in [4.69, 9.17) is 9.84 Å². The van der Waals surface area contributed by atoms with Gasteiger partial charge in [-0.25, -0.2) is 4.79 Å². The number of hydrogen-bond acceptors (Lipinski definition) is 3. The highest BCUT2D eigenvalue weighted by atomic mass is 16.5. The number of benzene rings is 1. The number of anilines is 1. The van der Waals surface area contributed by atoms with Crippen molar-refractivity contribution < 1.29 is 14.6 Å². The van der Waals surface area contributed by atoms with E-state index in [1.807, 2.05) is 39.0 Å². The van der Waals surface area contributed by atoms with Gasteiger partial charge in [0, 0.05) is 24.9 Å². The molecule has 0 spiro atoms. The first-order chi connectivity index (χ1) is 9.96. The van der Waals surface area contributed by atoms with Crippen molar-refractivity contribution in [3.05, 3.63) is 24.3 Å². The average Bonchev–Trinajstić information content (AvgIpc) is 2.43. The van der Waals surface area contributed by atoms with E-state index in [0.29, 0.717) is 25.3 Å². The number of rotatable bonds is 8. The summed E-state index contributed by atoms with van der Waals surface area (Å²) in [5, 5.41) is 14.6. The second kappa shape index (κ2) is 8.52. The Morgan fingerprint density at radius 3 is 2.81 bits per heavy atom. The molecule has 1 aromatic rings. The van der Waals surface area contributed by atoms with Crippen molar-refractivity contribution in [3.63, 3.8) is 0 Å². The molecule has 0 bridgehead atoms. The number of carbonyl (C=O) groups is 1. The van der Waals surface area contributed by atoms with Crippen LogP contribution in [-0.2, 0) is 0 Å². The van der Waals surface area contributed by atoms with Gasteiger partial charge in [0.15, 0.2) is 0 Å². The van der Waals surface area contributed by atoms with Crippen LogP contribution in [0.3, 0.4) is 0 Å². The molecule has 1 aromatic carbocycles. The van der Waals surface area contributed by atoms with Gasteiger partial charge in [0.2, 0.25) is 0 Å². The number of aliphatic hydroxyl groups is 1. The first-order valence-corrected chi connectivity index (χ1v) is 7.35. The van der Waals surface area contributed by atoms with Crippen LogP contribution in [0.25, 0.3) is 0 Å². The van der Waals surface area contributed by atoms with E-state index in [1.54, 1.807) is 6.07 Å². The van der Waals surface area contributed by atoms with Crippen molar-refractivity contribution >= 4 is 11.7 Å². The van der Waals surface area contributed by atoms with Gasteiger partial charge in [-0.1, -0.05) is 26.8 Å². The quantitative estimate of drug-likeness (QED) is 0.690. The van der Waals surface area contributed by atoms with Gasteiger partial charge in [0.05, 0.1) is 6.61 Å². The molecule has 2 amide bonds. The molecule has 0 aliphatic carbocycles. The van der Waals surface area contributed by atoms with Crippen molar-refractivity contribution in [2.24, 2.45) is 5.41 Å². The van der Waals surface area contributed by atoms with Gasteiger partial charge in [0.25, 0.3) is 0 Å². The minimum atomic E-state index is -0.256. The molecule has 0 aromatic heterocycles. The van der Waals surface area contributed by atoms with Gasteiger partial charge < -0.3 is 20.5 Å². The van der Waals surface area contributed by atoms with E-state index in [2.05, 4.69) is 10.6 Å². The molecule has 0 radical (unpaired) electrons. The summed E-state index contributed by atoms with van der Waals surface area (Å²) in [5.74, 6) is 0.746. The first-order valence-electron chi connectivity index (χ1n) is 7.35. The summed E-state index contributed by atoms with van der Waals surface area (Å²) in [6, 6.07) is 7.07. The summed E-state index contributed by atoms with van der Waals surface area (Å²) in [5.41, 5.74) is 0.569. The maximum absolute atomic E-state index is 11.9. The molecule has 5 heteroatoms. The van der Waals surface area contributed by atoms with Crippen LogP contribution in [0.15, 0.2) is 24.3 Å². The van der Waals surface area contributed by atoms with Crippen molar-refractivity contribution in [1.29, 1.82) is 0 Å². The predicted molar refractivity (Wildman–Crippen MR) is 84.7 cm³/mol. The molecule has 0 aliphatic heterocycles. The van der Waals surface area contributed by atoms with E-state index < -0.39 is 0 Å². The van der Waals surface area contributed by atoms with Crippen LogP contribution < -0.4 is 15.4 Å². The molecule has 0 aliphatic rings. The fraction of sp³-hybridized carbons (Fsp3) is 0.562. The Morgan fingerprint density at radius 1 is 1.38 bits per heavy atom. The molecule has 0 saturated carbocycles. The Bertz CT molecular complexity index is 447. The summed E-state index contributed by atoms with van der Waals surface area (Å²) in [6.45, 7) is 7.33. The van der Waals surface area contributed by atoms with Crippen LogP contribution in [0.1, 0.15) is 33.6 Å². The Balaban J connectivity index is 2.47. The lowest BCUT2D eigenvalue weighted by atomic mass is 9.90. The second-order valence-electron chi connectivity index (χ2n) is 5.82. The lowest BCUT2D eigenvalue weighted by Gasteiger charge is -2.23. The predicted octanol–water partition coefficient (Wildman–Crippen LogP) is 3.01. The van der Waals surface area contributed by atoms with Crippen LogP contribution in [0.2, 0.25) is 0 Å². The zero-order valence-electron chi connectivity index (χ0n) is 13.1. The number of aliphatic hydroxyl groups excluding tert-OH is 1. The average molecular weight is 294 g/mol. The summed E-state index contributed by atoms with van der Waals surface area (Å²) in [7, 11) is 0. The zero-order chi connectivity index (χ0) is 15.7. The van der Waals surface area contributed by atoms with E-state index >= 15 is 0 Å². The largest absolute Gasteiger partial charge is 0.494 e. The highest BCUT2D eigenvalue weighted by molar-refractivity contribution is 5.89. The van der Waals surface area contributed by atoms with Crippen molar-refractivity contribution in [3.8, 4) is 5.75 Å². The second-order valence-corrected chi connectivity index (χ2v) is 5.82. The highest BCUT2D eigenvalue weighted by Crippen LogP contribution is 2.19. The number of carbonyl (C=O) groups excluding carboxylic acids is 1. The van der Waals surface area contributed by atoms with E-state index in [-0.39, 0.29) is 18.1 Å². The van der Waals surface area contributed by atoms with E-state index in [9.17, 15) is 4.79 Å². The third-order valence-corrected chi connectivity index (χ3v) is 3.08. The molecular formula is C16H26N2O3. The zero-order valence-corrected chi connectivity index (χ0v) is 13.1. The van der Waals surface area contributed by atoms with Gasteiger partial charge in [-0.3, -0.25) is 0 Å². The molecule has 118 valence electrons. The number of urea groups is 1. The molecule has 5 nitrogen and oxygen atoms in total. The Morgan fingerprint density at radius 2 is 2.14 bits per heavy atom. The van der Waals surface area contributed by atoms with Crippen molar-refractivity contribution in [1.82, 2.24) is 5.32 Å². The van der Waals surface area contributed by atoms with Gasteiger partial charge >= 0.3 is 6.03 Å². The van der Waals surface area contributed by atoms with Crippen LogP contribution in [0.5, 0.6) is 5.75 Å². The number of amides is 2. The van der Waals surface area contributed by atoms with Crippen LogP contribution in [0, 0.1) is 5.41 Å². The Hall–Kier alpha value is -1.75. The Labute approximate surface area is 126 Å². The minimum absolute atomic E-state index is 0.118. The molecule has 0 saturated heterocycles. The number of hydrogen-bond donors (Lipinski definition) is 3. The summed E-state index contributed by atoms with van der Waals surface area (Å²) in [4.78, 5) is 11.9. The fourth-order valence-electron chi connectivity index (χ4n) is 1.77. The Kier molecular flexibility index (Phi) is 7.02. The third-order valence-electron chi connectivity index (χ3n) is 3.08. The van der Waals surface area contributed by atoms with Gasteiger partial charge in [-0.05, 0) is 30.4 Å². The van der Waals surface area contributed by atoms with Crippen molar-refractivity contribution in [2.75, 3.05) is 25.1 Å². The van der Waals surface area contributed by atoms with E-state index in [1.165, 1.54) is 0 Å². The molecule has 21 heavy (non-hydrogen) atoms. The molecule has 0 unspecified atom stereocenters. The fourth-order valence-corrected chi connectivity index (χ4v) is 1.77. The third kappa shape index (κ3) is 6.99. The van der Waals surface area contributed by atoms with Gasteiger partial charge in [-0.15, -0.1) is 0 Å². The molecule has 0 fully saturated rings. The molecule has 0 heterocycles. The van der Waals surface area contributed by atoms with Crippen LogP contribution >= 0.6 is 0 Å². The molecule has 1 rings (SSSR count).